The molecule has 1 aromatic heterocycles. The highest BCUT2D eigenvalue weighted by Crippen LogP contribution is 2.34. The van der Waals surface area contributed by atoms with Crippen LogP contribution in [-0.4, -0.2) is 0 Å². The lowest BCUT2D eigenvalue weighted by Gasteiger charge is -1.99. The van der Waals surface area contributed by atoms with Crippen LogP contribution in [0.5, 0.6) is 0 Å². The number of benzene rings is 1. The topological polar surface area (TPSA) is 23.8 Å². The Bertz CT molecular complexity index is 527. The van der Waals surface area contributed by atoms with E-state index in [1.165, 1.54) is 16.7 Å². The molecule has 0 amide bonds. The summed E-state index contributed by atoms with van der Waals surface area (Å²) in [7, 11) is 0. The van der Waals surface area contributed by atoms with Gasteiger partial charge in [0.2, 0.25) is 0 Å². The van der Waals surface area contributed by atoms with Crippen LogP contribution in [-0.2, 0) is 6.42 Å². The van der Waals surface area contributed by atoms with Crippen LogP contribution in [0.2, 0.25) is 0 Å². The first-order valence-electron chi connectivity index (χ1n) is 3.95. The molecule has 2 rings (SSSR count). The van der Waals surface area contributed by atoms with Gasteiger partial charge in [0.15, 0.2) is 0 Å². The van der Waals surface area contributed by atoms with Crippen molar-refractivity contribution in [1.82, 2.24) is 0 Å². The van der Waals surface area contributed by atoms with Gasteiger partial charge in [0.05, 0.1) is 17.2 Å². The van der Waals surface area contributed by atoms with Crippen LogP contribution >= 0.6 is 27.3 Å². The molecule has 1 heterocycles. The highest BCUT2D eigenvalue weighted by Gasteiger charge is 2.10. The van der Waals surface area contributed by atoms with E-state index in [-0.39, 0.29) is 12.2 Å². The molecule has 0 unspecified atom stereocenters. The molecule has 0 N–H and O–H groups in total. The van der Waals surface area contributed by atoms with Crippen molar-refractivity contribution in [2.24, 2.45) is 0 Å². The molecule has 0 fully saturated rings. The summed E-state index contributed by atoms with van der Waals surface area (Å²) >= 11 is 4.71. The number of thiophene rings is 1. The summed E-state index contributed by atoms with van der Waals surface area (Å²) in [6, 6.07) is 5.67. The minimum Gasteiger partial charge on any atom is -0.205 e. The smallest absolute Gasteiger partial charge is 0.142 e. The molecule has 0 saturated carbocycles. The number of hydrogen-bond donors (Lipinski definition) is 0. The van der Waals surface area contributed by atoms with Crippen LogP contribution in [0.4, 0.5) is 4.39 Å². The molecule has 14 heavy (non-hydrogen) atoms. The molecule has 70 valence electrons. The first-order valence-corrected chi connectivity index (χ1v) is 5.62. The Labute approximate surface area is 92.9 Å². The second-order valence-electron chi connectivity index (χ2n) is 2.83. The molecule has 0 aliphatic rings. The van der Waals surface area contributed by atoms with E-state index in [9.17, 15) is 4.39 Å². The van der Waals surface area contributed by atoms with Crippen molar-refractivity contribution in [2.75, 3.05) is 0 Å². The van der Waals surface area contributed by atoms with Crippen molar-refractivity contribution in [2.45, 2.75) is 6.42 Å². The second kappa shape index (κ2) is 3.68. The van der Waals surface area contributed by atoms with Crippen LogP contribution < -0.4 is 0 Å². The van der Waals surface area contributed by atoms with Crippen LogP contribution in [0.25, 0.3) is 10.1 Å². The lowest BCUT2D eigenvalue weighted by Crippen LogP contribution is -1.84. The Morgan fingerprint density at radius 1 is 1.50 bits per heavy atom. The molecule has 0 aliphatic carbocycles. The maximum Gasteiger partial charge on any atom is 0.142 e. The quantitative estimate of drug-likeness (QED) is 0.771. The zero-order chi connectivity index (χ0) is 10.1. The third-order valence-corrected chi connectivity index (χ3v) is 3.89. The van der Waals surface area contributed by atoms with E-state index in [1.54, 1.807) is 6.07 Å². The average Bonchev–Trinajstić information content (AvgIpc) is 2.55. The fourth-order valence-electron chi connectivity index (χ4n) is 1.38. The number of halogens is 2. The van der Waals surface area contributed by atoms with E-state index in [0.29, 0.717) is 5.39 Å². The predicted molar refractivity (Wildman–Crippen MR) is 58.8 cm³/mol. The highest BCUT2D eigenvalue weighted by atomic mass is 79.9. The Morgan fingerprint density at radius 2 is 2.29 bits per heavy atom. The van der Waals surface area contributed by atoms with Gasteiger partial charge in [-0.05, 0) is 27.6 Å². The molecule has 0 atom stereocenters. The maximum atomic E-state index is 13.4. The molecule has 0 aliphatic heterocycles. The van der Waals surface area contributed by atoms with E-state index in [0.717, 1.165) is 14.7 Å². The molecular weight excluding hydrogens is 265 g/mol. The minimum absolute atomic E-state index is 0.239. The minimum atomic E-state index is -0.239. The Morgan fingerprint density at radius 3 is 3.00 bits per heavy atom. The summed E-state index contributed by atoms with van der Waals surface area (Å²) in [6.45, 7) is 0. The predicted octanol–water partition coefficient (Wildman–Crippen LogP) is 3.87. The van der Waals surface area contributed by atoms with E-state index in [4.69, 9.17) is 5.26 Å². The van der Waals surface area contributed by atoms with Gasteiger partial charge >= 0.3 is 0 Å². The lowest BCUT2D eigenvalue weighted by molar-refractivity contribution is 0.643. The molecular formula is C10H5BrFNS. The number of hydrogen-bond acceptors (Lipinski definition) is 2. The number of fused-ring (bicyclic) bond motifs is 1. The van der Waals surface area contributed by atoms with Crippen LogP contribution in [0, 0.1) is 17.1 Å². The van der Waals surface area contributed by atoms with Crippen molar-refractivity contribution in [3.8, 4) is 6.07 Å². The van der Waals surface area contributed by atoms with E-state index in [2.05, 4.69) is 15.9 Å². The third-order valence-electron chi connectivity index (χ3n) is 1.98. The van der Waals surface area contributed by atoms with Gasteiger partial charge in [-0.25, -0.2) is 4.39 Å². The SMILES string of the molecule is N#CCc1ccc(Br)c2scc(F)c12. The zero-order valence-electron chi connectivity index (χ0n) is 7.05. The van der Waals surface area contributed by atoms with Gasteiger partial charge in [0.1, 0.15) is 5.82 Å². The summed E-state index contributed by atoms with van der Waals surface area (Å²) in [5.41, 5.74) is 0.754. The number of nitriles is 1. The van der Waals surface area contributed by atoms with E-state index in [1.807, 2.05) is 12.1 Å². The Kier molecular flexibility index (Phi) is 2.53. The fourth-order valence-corrected chi connectivity index (χ4v) is 2.85. The lowest BCUT2D eigenvalue weighted by atomic mass is 10.1. The van der Waals surface area contributed by atoms with Gasteiger partial charge in [0.25, 0.3) is 0 Å². The van der Waals surface area contributed by atoms with E-state index >= 15 is 0 Å². The van der Waals surface area contributed by atoms with Crippen LogP contribution in [0.3, 0.4) is 0 Å². The molecule has 2 aromatic rings. The normalized spacial score (nSPS) is 10.4. The largest absolute Gasteiger partial charge is 0.205 e. The van der Waals surface area contributed by atoms with Crippen LogP contribution in [0.1, 0.15) is 5.56 Å². The molecule has 0 radical (unpaired) electrons. The summed E-state index contributed by atoms with van der Waals surface area (Å²) in [6.07, 6.45) is 0.247. The maximum absolute atomic E-state index is 13.4. The van der Waals surface area contributed by atoms with Gasteiger partial charge in [-0.1, -0.05) is 6.07 Å². The average molecular weight is 270 g/mol. The number of nitrogens with zero attached hydrogens (tertiary/aromatic N) is 1. The van der Waals surface area contributed by atoms with Gasteiger partial charge < -0.3 is 0 Å². The van der Waals surface area contributed by atoms with Crippen molar-refractivity contribution < 1.29 is 4.39 Å². The fraction of sp³-hybridized carbons (Fsp3) is 0.100. The summed E-state index contributed by atoms with van der Waals surface area (Å²) in [4.78, 5) is 0. The van der Waals surface area contributed by atoms with Gasteiger partial charge in [-0.15, -0.1) is 11.3 Å². The monoisotopic (exact) mass is 269 g/mol. The molecule has 1 aromatic carbocycles. The highest BCUT2D eigenvalue weighted by molar-refractivity contribution is 9.10. The molecule has 0 bridgehead atoms. The molecule has 0 spiro atoms. The molecule has 1 nitrogen and oxygen atoms in total. The third kappa shape index (κ3) is 1.43. The summed E-state index contributed by atoms with van der Waals surface area (Å²) in [5, 5.41) is 10.6. The summed E-state index contributed by atoms with van der Waals surface area (Å²) in [5.74, 6) is -0.239. The van der Waals surface area contributed by atoms with Crippen molar-refractivity contribution in [3.05, 3.63) is 33.4 Å². The van der Waals surface area contributed by atoms with E-state index < -0.39 is 0 Å². The Hall–Kier alpha value is -0.920. The van der Waals surface area contributed by atoms with Gasteiger partial charge in [-0.3, -0.25) is 0 Å². The van der Waals surface area contributed by atoms with Crippen molar-refractivity contribution in [1.29, 1.82) is 5.26 Å². The van der Waals surface area contributed by atoms with Crippen LogP contribution in [0.15, 0.2) is 22.0 Å². The molecule has 4 heteroatoms. The van der Waals surface area contributed by atoms with Gasteiger partial charge in [0, 0.05) is 15.2 Å². The Balaban J connectivity index is 2.80. The first-order chi connectivity index (χ1) is 6.74. The number of rotatable bonds is 1. The van der Waals surface area contributed by atoms with Crippen molar-refractivity contribution in [3.63, 3.8) is 0 Å². The standard InChI is InChI=1S/C10H5BrFNS/c11-7-2-1-6(3-4-13)9-8(12)5-14-10(7)9/h1-2,5H,3H2. The second-order valence-corrected chi connectivity index (χ2v) is 4.56. The molecule has 0 saturated heterocycles. The summed E-state index contributed by atoms with van der Waals surface area (Å²) < 4.78 is 15.1. The first kappa shape index (κ1) is 9.63. The zero-order valence-corrected chi connectivity index (χ0v) is 9.45. The van der Waals surface area contributed by atoms with Gasteiger partial charge in [-0.2, -0.15) is 5.26 Å². The van der Waals surface area contributed by atoms with Crippen molar-refractivity contribution >= 4 is 37.4 Å².